The molecule has 0 unspecified atom stereocenters. The van der Waals surface area contributed by atoms with Crippen LogP contribution in [0.4, 0.5) is 0 Å². The molecular weight excluding hydrogens is 122 g/mol. The van der Waals surface area contributed by atoms with E-state index in [1.165, 1.54) is 24.8 Å². The van der Waals surface area contributed by atoms with Crippen LogP contribution in [0.3, 0.4) is 0 Å². The summed E-state index contributed by atoms with van der Waals surface area (Å²) < 4.78 is 0. The van der Waals surface area contributed by atoms with Crippen molar-refractivity contribution in [2.45, 2.75) is 32.6 Å². The van der Waals surface area contributed by atoms with Gasteiger partial charge in [-0.15, -0.1) is 0 Å². The Bertz CT molecular complexity index is 166. The van der Waals surface area contributed by atoms with Crippen LogP contribution in [0.1, 0.15) is 32.6 Å². The summed E-state index contributed by atoms with van der Waals surface area (Å²) in [6.07, 6.45) is 9.02. The summed E-state index contributed by atoms with van der Waals surface area (Å²) in [7, 11) is 0. The monoisotopic (exact) mass is 137 g/mol. The highest BCUT2D eigenvalue weighted by Gasteiger charge is 2.00. The minimum absolute atomic E-state index is 0.953. The topological polar surface area (TPSA) is 26.0 Å². The van der Waals surface area contributed by atoms with E-state index in [9.17, 15) is 0 Å². The van der Waals surface area contributed by atoms with Crippen molar-refractivity contribution in [2.24, 2.45) is 5.73 Å². The summed E-state index contributed by atoms with van der Waals surface area (Å²) in [5.74, 6) is 0. The Morgan fingerprint density at radius 2 is 2.40 bits per heavy atom. The van der Waals surface area contributed by atoms with Crippen molar-refractivity contribution in [3.63, 3.8) is 0 Å². The Morgan fingerprint density at radius 1 is 1.60 bits per heavy atom. The van der Waals surface area contributed by atoms with Gasteiger partial charge < -0.3 is 5.73 Å². The smallest absolute Gasteiger partial charge is 0.0273 e. The summed E-state index contributed by atoms with van der Waals surface area (Å²) in [6, 6.07) is 0. The first kappa shape index (κ1) is 7.39. The van der Waals surface area contributed by atoms with E-state index in [0.29, 0.717) is 0 Å². The van der Waals surface area contributed by atoms with E-state index in [4.69, 9.17) is 5.73 Å². The third kappa shape index (κ3) is 1.90. The van der Waals surface area contributed by atoms with Gasteiger partial charge in [-0.2, -0.15) is 0 Å². The maximum Gasteiger partial charge on any atom is 0.0273 e. The van der Waals surface area contributed by atoms with Crippen molar-refractivity contribution >= 4 is 0 Å². The molecule has 0 aromatic heterocycles. The van der Waals surface area contributed by atoms with Gasteiger partial charge in [-0.3, -0.25) is 0 Å². The molecule has 0 saturated carbocycles. The van der Waals surface area contributed by atoms with Crippen molar-refractivity contribution in [1.82, 2.24) is 0 Å². The molecule has 1 nitrogen and oxygen atoms in total. The molecule has 1 rings (SSSR count). The third-order valence-electron chi connectivity index (χ3n) is 1.79. The van der Waals surface area contributed by atoms with Gasteiger partial charge in [-0.05, 0) is 25.3 Å². The predicted octanol–water partition coefficient (Wildman–Crippen LogP) is 2.35. The van der Waals surface area contributed by atoms with E-state index in [1.54, 1.807) is 0 Å². The van der Waals surface area contributed by atoms with Gasteiger partial charge in [0, 0.05) is 5.70 Å². The van der Waals surface area contributed by atoms with Gasteiger partial charge >= 0.3 is 0 Å². The summed E-state index contributed by atoms with van der Waals surface area (Å²) in [4.78, 5) is 0. The Hall–Kier alpha value is -0.720. The van der Waals surface area contributed by atoms with Crippen molar-refractivity contribution < 1.29 is 0 Å². The molecular formula is C9H15N. The van der Waals surface area contributed by atoms with Crippen LogP contribution < -0.4 is 5.73 Å². The Balaban J connectivity index is 2.51. The third-order valence-corrected chi connectivity index (χ3v) is 1.79. The van der Waals surface area contributed by atoms with Gasteiger partial charge in [-0.25, -0.2) is 0 Å². The molecule has 1 heteroatoms. The lowest BCUT2D eigenvalue weighted by Gasteiger charge is -2.09. The highest BCUT2D eigenvalue weighted by Crippen LogP contribution is 2.18. The zero-order chi connectivity index (χ0) is 7.40. The molecule has 0 spiro atoms. The maximum atomic E-state index is 5.64. The first-order chi connectivity index (χ1) is 4.83. The van der Waals surface area contributed by atoms with Crippen LogP contribution in [0, 0.1) is 0 Å². The van der Waals surface area contributed by atoms with Crippen LogP contribution in [0.25, 0.3) is 0 Å². The van der Waals surface area contributed by atoms with Crippen molar-refractivity contribution in [2.75, 3.05) is 0 Å². The second-order valence-electron chi connectivity index (χ2n) is 2.80. The molecule has 0 amide bonds. The number of hydrogen-bond donors (Lipinski definition) is 1. The second kappa shape index (κ2) is 3.45. The van der Waals surface area contributed by atoms with Gasteiger partial charge in [-0.1, -0.05) is 25.0 Å². The Labute approximate surface area is 62.6 Å². The lowest BCUT2D eigenvalue weighted by Crippen LogP contribution is -1.99. The Kier molecular flexibility index (Phi) is 2.55. The van der Waals surface area contributed by atoms with Crippen LogP contribution >= 0.6 is 0 Å². The standard InChI is InChI=1S/C9H15N/c1-2-4-8-5-3-6-9(10)7-8/h6-7H,2-5,10H2,1H3. The quantitative estimate of drug-likeness (QED) is 0.621. The molecule has 0 atom stereocenters. The fraction of sp³-hybridized carbons (Fsp3) is 0.556. The summed E-state index contributed by atoms with van der Waals surface area (Å²) >= 11 is 0. The highest BCUT2D eigenvalue weighted by molar-refractivity contribution is 5.24. The van der Waals surface area contributed by atoms with Gasteiger partial charge in [0.25, 0.3) is 0 Å². The van der Waals surface area contributed by atoms with Crippen LogP contribution in [0.5, 0.6) is 0 Å². The minimum atomic E-state index is 0.953. The predicted molar refractivity (Wildman–Crippen MR) is 44.5 cm³/mol. The van der Waals surface area contributed by atoms with Crippen molar-refractivity contribution in [3.8, 4) is 0 Å². The van der Waals surface area contributed by atoms with Crippen molar-refractivity contribution in [1.29, 1.82) is 0 Å². The lowest BCUT2D eigenvalue weighted by molar-refractivity contribution is 0.813. The van der Waals surface area contributed by atoms with Gasteiger partial charge in [0.2, 0.25) is 0 Å². The molecule has 0 heterocycles. The fourth-order valence-corrected chi connectivity index (χ4v) is 1.31. The molecule has 0 bridgehead atoms. The fourth-order valence-electron chi connectivity index (χ4n) is 1.31. The van der Waals surface area contributed by atoms with E-state index < -0.39 is 0 Å². The average molecular weight is 137 g/mol. The van der Waals surface area contributed by atoms with Gasteiger partial charge in [0.15, 0.2) is 0 Å². The van der Waals surface area contributed by atoms with Crippen LogP contribution in [0.15, 0.2) is 23.4 Å². The second-order valence-corrected chi connectivity index (χ2v) is 2.80. The molecule has 1 aliphatic carbocycles. The first-order valence-corrected chi connectivity index (χ1v) is 3.98. The minimum Gasteiger partial charge on any atom is -0.399 e. The van der Waals surface area contributed by atoms with Gasteiger partial charge in [0.1, 0.15) is 0 Å². The normalized spacial score (nSPS) is 18.1. The zero-order valence-corrected chi connectivity index (χ0v) is 6.56. The number of allylic oxidation sites excluding steroid dienone is 3. The molecule has 2 N–H and O–H groups in total. The zero-order valence-electron chi connectivity index (χ0n) is 6.56. The van der Waals surface area contributed by atoms with Gasteiger partial charge in [0.05, 0.1) is 0 Å². The van der Waals surface area contributed by atoms with E-state index in [0.717, 1.165) is 12.1 Å². The number of hydrogen-bond acceptors (Lipinski definition) is 1. The van der Waals surface area contributed by atoms with Crippen molar-refractivity contribution in [3.05, 3.63) is 23.4 Å². The van der Waals surface area contributed by atoms with E-state index in [2.05, 4.69) is 19.1 Å². The average Bonchev–Trinajstić information content (AvgIpc) is 1.88. The molecule has 0 fully saturated rings. The molecule has 1 aliphatic rings. The summed E-state index contributed by atoms with van der Waals surface area (Å²) in [5, 5.41) is 0. The SMILES string of the molecule is CCCC1=CC(N)=CCC1. The van der Waals surface area contributed by atoms with Crippen LogP contribution in [0.2, 0.25) is 0 Å². The van der Waals surface area contributed by atoms with Crippen LogP contribution in [-0.2, 0) is 0 Å². The first-order valence-electron chi connectivity index (χ1n) is 3.98. The van der Waals surface area contributed by atoms with E-state index >= 15 is 0 Å². The molecule has 56 valence electrons. The maximum absolute atomic E-state index is 5.64. The van der Waals surface area contributed by atoms with Crippen LogP contribution in [-0.4, -0.2) is 0 Å². The van der Waals surface area contributed by atoms with E-state index in [-0.39, 0.29) is 0 Å². The molecule has 0 saturated heterocycles. The molecule has 0 aromatic carbocycles. The largest absolute Gasteiger partial charge is 0.399 e. The number of rotatable bonds is 2. The molecule has 0 aromatic rings. The summed E-state index contributed by atoms with van der Waals surface area (Å²) in [6.45, 7) is 2.20. The molecule has 10 heavy (non-hydrogen) atoms. The van der Waals surface area contributed by atoms with E-state index in [1.807, 2.05) is 0 Å². The molecule has 0 aliphatic heterocycles. The Morgan fingerprint density at radius 3 is 3.00 bits per heavy atom. The molecule has 0 radical (unpaired) electrons. The lowest BCUT2D eigenvalue weighted by atomic mass is 9.99. The number of nitrogens with two attached hydrogens (primary N) is 1. The highest BCUT2D eigenvalue weighted by atomic mass is 14.6. The summed E-state index contributed by atoms with van der Waals surface area (Å²) in [5.41, 5.74) is 8.11.